The second-order valence-electron chi connectivity index (χ2n) is 3.64. The third-order valence-corrected chi connectivity index (χ3v) is 3.62. The summed E-state index contributed by atoms with van der Waals surface area (Å²) in [5.74, 6) is 0.753. The van der Waals surface area contributed by atoms with Crippen LogP contribution in [0.4, 0.5) is 5.69 Å². The quantitative estimate of drug-likeness (QED) is 0.872. The van der Waals surface area contributed by atoms with Crippen LogP contribution in [0.2, 0.25) is 0 Å². The Kier molecular flexibility index (Phi) is 5.08. The van der Waals surface area contributed by atoms with Gasteiger partial charge in [-0.15, -0.1) is 0 Å². The number of aliphatic hydroxyl groups excluding tert-OH is 1. The van der Waals surface area contributed by atoms with Gasteiger partial charge in [-0.3, -0.25) is 0 Å². The van der Waals surface area contributed by atoms with Gasteiger partial charge in [-0.25, -0.2) is 0 Å². The Morgan fingerprint density at radius 3 is 2.38 bits per heavy atom. The van der Waals surface area contributed by atoms with Crippen LogP contribution < -0.4 is 10.1 Å². The molecular weight excluding hydrogens is 338 g/mol. The van der Waals surface area contributed by atoms with E-state index in [0.717, 1.165) is 20.4 Å². The minimum Gasteiger partial charge on any atom is -0.495 e. The molecule has 2 atom stereocenters. The van der Waals surface area contributed by atoms with E-state index in [4.69, 9.17) is 4.74 Å². The molecule has 1 rings (SSSR count). The highest BCUT2D eigenvalue weighted by molar-refractivity contribution is 9.11. The molecule has 5 heteroatoms. The molecule has 0 heterocycles. The number of hydrogen-bond acceptors (Lipinski definition) is 3. The van der Waals surface area contributed by atoms with Gasteiger partial charge < -0.3 is 15.2 Å². The van der Waals surface area contributed by atoms with Gasteiger partial charge in [0.25, 0.3) is 0 Å². The molecule has 0 spiro atoms. The maximum absolute atomic E-state index is 9.44. The summed E-state index contributed by atoms with van der Waals surface area (Å²) in [6, 6.07) is 3.77. The molecule has 2 unspecified atom stereocenters. The number of methoxy groups -OCH3 is 1. The topological polar surface area (TPSA) is 41.5 Å². The van der Waals surface area contributed by atoms with E-state index in [2.05, 4.69) is 37.2 Å². The van der Waals surface area contributed by atoms with Crippen molar-refractivity contribution in [3.63, 3.8) is 0 Å². The predicted octanol–water partition coefficient (Wildman–Crippen LogP) is 3.40. The summed E-state index contributed by atoms with van der Waals surface area (Å²) in [6.45, 7) is 3.67. The van der Waals surface area contributed by atoms with E-state index in [1.54, 1.807) is 14.0 Å². The lowest BCUT2D eigenvalue weighted by atomic mass is 10.2. The third-order valence-electron chi connectivity index (χ3n) is 2.35. The highest BCUT2D eigenvalue weighted by Gasteiger charge is 2.12. The molecule has 0 saturated heterocycles. The summed E-state index contributed by atoms with van der Waals surface area (Å²) in [5.41, 5.74) is 0.897. The molecule has 16 heavy (non-hydrogen) atoms. The Morgan fingerprint density at radius 1 is 1.25 bits per heavy atom. The molecule has 0 aliphatic carbocycles. The first kappa shape index (κ1) is 13.8. The van der Waals surface area contributed by atoms with Gasteiger partial charge in [-0.2, -0.15) is 0 Å². The van der Waals surface area contributed by atoms with Crippen molar-refractivity contribution in [1.82, 2.24) is 0 Å². The summed E-state index contributed by atoms with van der Waals surface area (Å²) in [6.07, 6.45) is -0.415. The van der Waals surface area contributed by atoms with Crippen molar-refractivity contribution in [3.8, 4) is 5.75 Å². The van der Waals surface area contributed by atoms with Crippen LogP contribution in [0.5, 0.6) is 5.75 Å². The van der Waals surface area contributed by atoms with E-state index in [1.807, 2.05) is 19.1 Å². The highest BCUT2D eigenvalue weighted by atomic mass is 79.9. The first-order chi connectivity index (χ1) is 7.45. The Hall–Kier alpha value is -0.260. The highest BCUT2D eigenvalue weighted by Crippen LogP contribution is 2.34. The average molecular weight is 353 g/mol. The Morgan fingerprint density at radius 2 is 1.88 bits per heavy atom. The van der Waals surface area contributed by atoms with Gasteiger partial charge in [0.05, 0.1) is 23.4 Å². The SMILES string of the molecule is COc1cc(NC(C)C(C)O)c(Br)cc1Br. The number of rotatable bonds is 4. The molecule has 0 aromatic heterocycles. The van der Waals surface area contributed by atoms with Gasteiger partial charge >= 0.3 is 0 Å². The number of nitrogens with one attached hydrogen (secondary N) is 1. The lowest BCUT2D eigenvalue weighted by Gasteiger charge is -2.19. The molecule has 3 nitrogen and oxygen atoms in total. The predicted molar refractivity (Wildman–Crippen MR) is 73.2 cm³/mol. The standard InChI is InChI=1S/C11H15Br2NO2/c1-6(7(2)15)14-10-5-11(16-3)9(13)4-8(10)12/h4-7,14-15H,1-3H3. The van der Waals surface area contributed by atoms with E-state index in [1.165, 1.54) is 0 Å². The number of anilines is 1. The second kappa shape index (κ2) is 5.89. The fraction of sp³-hybridized carbons (Fsp3) is 0.455. The van der Waals surface area contributed by atoms with Crippen LogP contribution in [-0.4, -0.2) is 24.4 Å². The summed E-state index contributed by atoms with van der Waals surface area (Å²) in [4.78, 5) is 0. The molecular formula is C11H15Br2NO2. The van der Waals surface area contributed by atoms with Gasteiger partial charge in [0.1, 0.15) is 5.75 Å². The zero-order chi connectivity index (χ0) is 12.3. The van der Waals surface area contributed by atoms with Crippen molar-refractivity contribution in [2.75, 3.05) is 12.4 Å². The van der Waals surface area contributed by atoms with Crippen molar-refractivity contribution in [2.45, 2.75) is 26.0 Å². The summed E-state index contributed by atoms with van der Waals surface area (Å²) in [5, 5.41) is 12.6. The van der Waals surface area contributed by atoms with Crippen LogP contribution in [0.15, 0.2) is 21.1 Å². The zero-order valence-corrected chi connectivity index (χ0v) is 12.6. The first-order valence-corrected chi connectivity index (χ1v) is 6.52. The second-order valence-corrected chi connectivity index (χ2v) is 5.35. The smallest absolute Gasteiger partial charge is 0.135 e. The monoisotopic (exact) mass is 351 g/mol. The van der Waals surface area contributed by atoms with E-state index in [9.17, 15) is 5.11 Å². The van der Waals surface area contributed by atoms with Crippen LogP contribution in [0.1, 0.15) is 13.8 Å². The van der Waals surface area contributed by atoms with E-state index in [0.29, 0.717) is 0 Å². The van der Waals surface area contributed by atoms with Crippen LogP contribution in [0, 0.1) is 0 Å². The van der Waals surface area contributed by atoms with Crippen LogP contribution in [0.3, 0.4) is 0 Å². The van der Waals surface area contributed by atoms with E-state index in [-0.39, 0.29) is 6.04 Å². The largest absolute Gasteiger partial charge is 0.495 e. The molecule has 1 aromatic rings. The van der Waals surface area contributed by atoms with E-state index < -0.39 is 6.10 Å². The maximum Gasteiger partial charge on any atom is 0.135 e. The molecule has 0 aliphatic rings. The van der Waals surface area contributed by atoms with Crippen molar-refractivity contribution in [1.29, 1.82) is 0 Å². The van der Waals surface area contributed by atoms with Crippen LogP contribution in [-0.2, 0) is 0 Å². The van der Waals surface area contributed by atoms with Gasteiger partial charge in [-0.1, -0.05) is 0 Å². The fourth-order valence-corrected chi connectivity index (χ4v) is 2.43. The number of hydrogen-bond donors (Lipinski definition) is 2. The van der Waals surface area contributed by atoms with Gasteiger partial charge in [-0.05, 0) is 51.8 Å². The number of halogens is 2. The molecule has 0 radical (unpaired) electrons. The van der Waals surface area contributed by atoms with Gasteiger partial charge in [0.2, 0.25) is 0 Å². The summed E-state index contributed by atoms with van der Waals surface area (Å²) >= 11 is 6.86. The lowest BCUT2D eigenvalue weighted by molar-refractivity contribution is 0.178. The van der Waals surface area contributed by atoms with Gasteiger partial charge in [0.15, 0.2) is 0 Å². The molecule has 0 saturated carbocycles. The average Bonchev–Trinajstić information content (AvgIpc) is 2.21. The fourth-order valence-electron chi connectivity index (χ4n) is 1.16. The normalized spacial score (nSPS) is 14.4. The summed E-state index contributed by atoms with van der Waals surface area (Å²) in [7, 11) is 1.62. The molecule has 0 bridgehead atoms. The molecule has 0 fully saturated rings. The summed E-state index contributed by atoms with van der Waals surface area (Å²) < 4.78 is 7.02. The van der Waals surface area contributed by atoms with Crippen molar-refractivity contribution < 1.29 is 9.84 Å². The molecule has 90 valence electrons. The van der Waals surface area contributed by atoms with Crippen molar-refractivity contribution >= 4 is 37.5 Å². The molecule has 0 aliphatic heterocycles. The number of aliphatic hydroxyl groups is 1. The number of benzene rings is 1. The maximum atomic E-state index is 9.44. The Balaban J connectivity index is 2.96. The van der Waals surface area contributed by atoms with E-state index >= 15 is 0 Å². The van der Waals surface area contributed by atoms with Crippen LogP contribution in [0.25, 0.3) is 0 Å². The minimum absolute atomic E-state index is 0.0258. The van der Waals surface area contributed by atoms with Crippen LogP contribution >= 0.6 is 31.9 Å². The number of ether oxygens (including phenoxy) is 1. The molecule has 1 aromatic carbocycles. The van der Waals surface area contributed by atoms with Gasteiger partial charge in [0, 0.05) is 16.6 Å². The molecule has 2 N–H and O–H groups in total. The Bertz CT molecular complexity index is 369. The Labute approximate surface area is 112 Å². The van der Waals surface area contributed by atoms with Crippen molar-refractivity contribution in [3.05, 3.63) is 21.1 Å². The lowest BCUT2D eigenvalue weighted by Crippen LogP contribution is -2.27. The zero-order valence-electron chi connectivity index (χ0n) is 9.42. The van der Waals surface area contributed by atoms with Crippen molar-refractivity contribution in [2.24, 2.45) is 0 Å². The molecule has 0 amide bonds. The third kappa shape index (κ3) is 3.37. The minimum atomic E-state index is -0.415. The first-order valence-electron chi connectivity index (χ1n) is 4.93.